The maximum absolute atomic E-state index is 7.46. The van der Waals surface area contributed by atoms with Crippen LogP contribution in [0.2, 0.25) is 0 Å². The van der Waals surface area contributed by atoms with Crippen LogP contribution in [-0.4, -0.2) is 42.0 Å². The molecule has 5 heteroatoms. The predicted octanol–water partition coefficient (Wildman–Crippen LogP) is 1.15. The fraction of sp³-hybridized carbons (Fsp3) is 0.538. The lowest BCUT2D eigenvalue weighted by atomic mass is 10.1. The zero-order valence-corrected chi connectivity index (χ0v) is 10.9. The van der Waals surface area contributed by atoms with Crippen LogP contribution >= 0.6 is 0 Å². The number of likely N-dealkylation sites (tertiary alicyclic amines) is 1. The number of nitrogens with two attached hydrogens (primary N) is 1. The van der Waals surface area contributed by atoms with Crippen molar-refractivity contribution in [2.24, 2.45) is 5.73 Å². The van der Waals surface area contributed by atoms with E-state index in [0.29, 0.717) is 11.4 Å². The van der Waals surface area contributed by atoms with Crippen molar-refractivity contribution in [3.63, 3.8) is 0 Å². The molecule has 0 aromatic carbocycles. The normalized spacial score (nSPS) is 17.7. The first-order chi connectivity index (χ1) is 8.54. The number of nitrogens with one attached hydrogen (secondary N) is 1. The van der Waals surface area contributed by atoms with Gasteiger partial charge in [0.25, 0.3) is 0 Å². The summed E-state index contributed by atoms with van der Waals surface area (Å²) in [6.07, 6.45) is 2.25. The number of aryl methyl sites for hydroxylation is 1. The van der Waals surface area contributed by atoms with Gasteiger partial charge in [-0.1, -0.05) is 0 Å². The monoisotopic (exact) mass is 248 g/mol. The largest absolute Gasteiger partial charge is 0.474 e. The summed E-state index contributed by atoms with van der Waals surface area (Å²) in [5, 5.41) is 7.46. The van der Waals surface area contributed by atoms with Gasteiger partial charge in [-0.3, -0.25) is 5.41 Å². The lowest BCUT2D eigenvalue weighted by Gasteiger charge is -2.29. The van der Waals surface area contributed by atoms with Gasteiger partial charge in [-0.25, -0.2) is 4.98 Å². The van der Waals surface area contributed by atoms with Gasteiger partial charge in [-0.05, 0) is 32.9 Å². The minimum Gasteiger partial charge on any atom is -0.474 e. The molecular formula is C13H20N4O. The Morgan fingerprint density at radius 3 is 2.72 bits per heavy atom. The summed E-state index contributed by atoms with van der Waals surface area (Å²) in [5.41, 5.74) is 6.99. The Morgan fingerprint density at radius 1 is 1.44 bits per heavy atom. The number of rotatable bonds is 3. The zero-order valence-electron chi connectivity index (χ0n) is 10.9. The summed E-state index contributed by atoms with van der Waals surface area (Å²) in [6.45, 7) is 3.99. The van der Waals surface area contributed by atoms with Gasteiger partial charge in [0.2, 0.25) is 5.88 Å². The minimum absolute atomic E-state index is 0.0497. The van der Waals surface area contributed by atoms with Gasteiger partial charge in [0, 0.05) is 30.4 Å². The second-order valence-corrected chi connectivity index (χ2v) is 4.87. The highest BCUT2D eigenvalue weighted by Crippen LogP contribution is 2.18. The van der Waals surface area contributed by atoms with Crippen LogP contribution in [0.5, 0.6) is 5.88 Å². The third-order valence-electron chi connectivity index (χ3n) is 3.19. The van der Waals surface area contributed by atoms with Crippen molar-refractivity contribution in [2.45, 2.75) is 25.9 Å². The highest BCUT2D eigenvalue weighted by molar-refractivity contribution is 5.95. The summed E-state index contributed by atoms with van der Waals surface area (Å²) in [6, 6.07) is 3.54. The first-order valence-electron chi connectivity index (χ1n) is 6.23. The van der Waals surface area contributed by atoms with E-state index in [1.165, 1.54) is 0 Å². The average molecular weight is 248 g/mol. The number of amidine groups is 1. The van der Waals surface area contributed by atoms with E-state index >= 15 is 0 Å². The Labute approximate surface area is 107 Å². The van der Waals surface area contributed by atoms with E-state index in [9.17, 15) is 0 Å². The van der Waals surface area contributed by atoms with E-state index in [1.54, 1.807) is 12.1 Å². The SMILES string of the molecule is Cc1cc(C(=N)N)cc(OC2CCN(C)CC2)n1. The number of ether oxygens (including phenoxy) is 1. The van der Waals surface area contributed by atoms with Crippen LogP contribution in [0.25, 0.3) is 0 Å². The second-order valence-electron chi connectivity index (χ2n) is 4.87. The highest BCUT2D eigenvalue weighted by Gasteiger charge is 2.18. The van der Waals surface area contributed by atoms with E-state index < -0.39 is 0 Å². The molecule has 0 atom stereocenters. The van der Waals surface area contributed by atoms with Crippen molar-refractivity contribution in [1.29, 1.82) is 5.41 Å². The molecular weight excluding hydrogens is 228 g/mol. The molecule has 1 aromatic rings. The summed E-state index contributed by atoms with van der Waals surface area (Å²) < 4.78 is 5.89. The number of nitrogen functional groups attached to an aromatic ring is 1. The van der Waals surface area contributed by atoms with Crippen molar-refractivity contribution in [3.8, 4) is 5.88 Å². The number of hydrogen-bond acceptors (Lipinski definition) is 4. The highest BCUT2D eigenvalue weighted by atomic mass is 16.5. The van der Waals surface area contributed by atoms with Crippen molar-refractivity contribution in [2.75, 3.05) is 20.1 Å². The molecule has 0 bridgehead atoms. The second kappa shape index (κ2) is 5.35. The minimum atomic E-state index is 0.0497. The molecule has 0 unspecified atom stereocenters. The molecule has 3 N–H and O–H groups in total. The fourth-order valence-electron chi connectivity index (χ4n) is 2.13. The molecule has 5 nitrogen and oxygen atoms in total. The molecule has 1 aliphatic heterocycles. The van der Waals surface area contributed by atoms with Crippen molar-refractivity contribution in [1.82, 2.24) is 9.88 Å². The molecule has 18 heavy (non-hydrogen) atoms. The molecule has 1 saturated heterocycles. The Bertz CT molecular complexity index is 439. The van der Waals surface area contributed by atoms with Gasteiger partial charge in [0.15, 0.2) is 0 Å². The lowest BCUT2D eigenvalue weighted by Crippen LogP contribution is -2.35. The maximum atomic E-state index is 7.46. The zero-order chi connectivity index (χ0) is 13.1. The first-order valence-corrected chi connectivity index (χ1v) is 6.23. The quantitative estimate of drug-likeness (QED) is 0.621. The number of pyridine rings is 1. The smallest absolute Gasteiger partial charge is 0.214 e. The molecule has 98 valence electrons. The Morgan fingerprint density at radius 2 is 2.11 bits per heavy atom. The van der Waals surface area contributed by atoms with Crippen molar-refractivity contribution < 1.29 is 4.74 Å². The average Bonchev–Trinajstić information content (AvgIpc) is 2.31. The molecule has 0 aliphatic carbocycles. The molecule has 0 radical (unpaired) electrons. The Balaban J connectivity index is 2.07. The maximum Gasteiger partial charge on any atom is 0.214 e. The first kappa shape index (κ1) is 12.8. The van der Waals surface area contributed by atoms with E-state index in [-0.39, 0.29) is 11.9 Å². The standard InChI is InChI=1S/C13H20N4O/c1-9-7-10(13(14)15)8-12(16-9)18-11-3-5-17(2)6-4-11/h7-8,11H,3-6H2,1-2H3,(H3,14,15). The van der Waals surface area contributed by atoms with Crippen LogP contribution in [-0.2, 0) is 0 Å². The van der Waals surface area contributed by atoms with Crippen LogP contribution in [0.15, 0.2) is 12.1 Å². The molecule has 1 aromatic heterocycles. The third kappa shape index (κ3) is 3.20. The predicted molar refractivity (Wildman–Crippen MR) is 71.1 cm³/mol. The van der Waals surface area contributed by atoms with Crippen molar-refractivity contribution >= 4 is 5.84 Å². The van der Waals surface area contributed by atoms with E-state index in [0.717, 1.165) is 31.6 Å². The molecule has 0 spiro atoms. The van der Waals surface area contributed by atoms with E-state index in [2.05, 4.69) is 16.9 Å². The molecule has 2 heterocycles. The molecule has 0 saturated carbocycles. The molecule has 0 amide bonds. The van der Waals surface area contributed by atoms with Gasteiger partial charge in [-0.15, -0.1) is 0 Å². The summed E-state index contributed by atoms with van der Waals surface area (Å²) in [5.74, 6) is 0.628. The lowest BCUT2D eigenvalue weighted by molar-refractivity contribution is 0.110. The van der Waals surface area contributed by atoms with Gasteiger partial charge in [0.05, 0.1) is 0 Å². The van der Waals surface area contributed by atoms with Crippen molar-refractivity contribution in [3.05, 3.63) is 23.4 Å². The van der Waals surface area contributed by atoms with Crippen LogP contribution in [0, 0.1) is 12.3 Å². The van der Waals surface area contributed by atoms with Crippen LogP contribution in [0.3, 0.4) is 0 Å². The Kier molecular flexibility index (Phi) is 3.81. The van der Waals surface area contributed by atoms with E-state index in [4.69, 9.17) is 15.9 Å². The Hall–Kier alpha value is -1.62. The molecule has 2 rings (SSSR count). The van der Waals surface area contributed by atoms with Crippen LogP contribution < -0.4 is 10.5 Å². The number of aromatic nitrogens is 1. The van der Waals surface area contributed by atoms with Gasteiger partial charge in [0.1, 0.15) is 11.9 Å². The topological polar surface area (TPSA) is 75.2 Å². The van der Waals surface area contributed by atoms with Gasteiger partial charge in [-0.2, -0.15) is 0 Å². The fourth-order valence-corrected chi connectivity index (χ4v) is 2.13. The molecule has 1 fully saturated rings. The van der Waals surface area contributed by atoms with Gasteiger partial charge >= 0.3 is 0 Å². The van der Waals surface area contributed by atoms with Crippen LogP contribution in [0.4, 0.5) is 0 Å². The summed E-state index contributed by atoms with van der Waals surface area (Å²) >= 11 is 0. The van der Waals surface area contributed by atoms with Crippen LogP contribution in [0.1, 0.15) is 24.1 Å². The van der Waals surface area contributed by atoms with E-state index in [1.807, 2.05) is 6.92 Å². The summed E-state index contributed by atoms with van der Waals surface area (Å²) in [4.78, 5) is 6.64. The number of hydrogen-bond donors (Lipinski definition) is 2. The third-order valence-corrected chi connectivity index (χ3v) is 3.19. The van der Waals surface area contributed by atoms with Gasteiger partial charge < -0.3 is 15.4 Å². The number of piperidine rings is 1. The molecule has 1 aliphatic rings. The number of nitrogens with zero attached hydrogens (tertiary/aromatic N) is 2. The summed E-state index contributed by atoms with van der Waals surface area (Å²) in [7, 11) is 2.12.